The maximum atomic E-state index is 12.7. The molecule has 1 saturated heterocycles. The number of hydrogen-bond donors (Lipinski definition) is 1. The van der Waals surface area contributed by atoms with Gasteiger partial charge in [-0.1, -0.05) is 31.0 Å². The Balaban J connectivity index is 1.32. The summed E-state index contributed by atoms with van der Waals surface area (Å²) in [6.45, 7) is 1.14. The fraction of sp³-hybridized carbons (Fsp3) is 0.579. The fourth-order valence-corrected chi connectivity index (χ4v) is 6.21. The number of anilines is 1. The molecule has 2 heterocycles. The highest BCUT2D eigenvalue weighted by Gasteiger charge is 2.26. The zero-order valence-corrected chi connectivity index (χ0v) is 18.4. The van der Waals surface area contributed by atoms with Crippen molar-refractivity contribution < 1.29 is 13.2 Å². The average molecular weight is 451 g/mol. The first-order chi connectivity index (χ1) is 14.5. The van der Waals surface area contributed by atoms with Crippen molar-refractivity contribution in [3.05, 3.63) is 24.3 Å². The van der Waals surface area contributed by atoms with Gasteiger partial charge in [0.05, 0.1) is 16.7 Å². The summed E-state index contributed by atoms with van der Waals surface area (Å²) in [5.41, 5.74) is 0.563. The standard InChI is InChI=1S/C19H26N6O3S2/c26-18(14-29-19-21-22-23-25(19)16-6-2-3-7-16)20-15-8-10-17(11-9-15)30(27,28)24-12-4-1-5-13-24/h8-11,16H,1-7,12-14H2,(H,20,26). The van der Waals surface area contributed by atoms with Gasteiger partial charge in [0.1, 0.15) is 0 Å². The monoisotopic (exact) mass is 450 g/mol. The summed E-state index contributed by atoms with van der Waals surface area (Å²) in [5.74, 6) is -0.00593. The van der Waals surface area contributed by atoms with Crippen LogP contribution in [-0.4, -0.2) is 57.7 Å². The summed E-state index contributed by atoms with van der Waals surface area (Å²) in [6, 6.07) is 6.67. The number of benzene rings is 1. The van der Waals surface area contributed by atoms with Crippen molar-refractivity contribution in [2.75, 3.05) is 24.2 Å². The highest BCUT2D eigenvalue weighted by atomic mass is 32.2. The van der Waals surface area contributed by atoms with Gasteiger partial charge in [-0.2, -0.15) is 4.31 Å². The lowest BCUT2D eigenvalue weighted by atomic mass is 10.2. The molecule has 162 valence electrons. The van der Waals surface area contributed by atoms with E-state index in [-0.39, 0.29) is 16.6 Å². The molecule has 1 N–H and O–H groups in total. The van der Waals surface area contributed by atoms with Crippen LogP contribution in [-0.2, 0) is 14.8 Å². The second-order valence-electron chi connectivity index (χ2n) is 7.67. The van der Waals surface area contributed by atoms with E-state index in [0.717, 1.165) is 32.1 Å². The molecule has 1 saturated carbocycles. The number of carbonyl (C=O) groups is 1. The highest BCUT2D eigenvalue weighted by molar-refractivity contribution is 7.99. The molecule has 2 aromatic rings. The van der Waals surface area contributed by atoms with Crippen LogP contribution in [0, 0.1) is 0 Å². The maximum absolute atomic E-state index is 12.7. The Bertz CT molecular complexity index is 964. The number of amides is 1. The molecule has 0 radical (unpaired) electrons. The molecule has 11 heteroatoms. The third-order valence-electron chi connectivity index (χ3n) is 5.56. The van der Waals surface area contributed by atoms with Gasteiger partial charge < -0.3 is 5.32 Å². The molecule has 1 aromatic carbocycles. The van der Waals surface area contributed by atoms with Crippen LogP contribution in [0.4, 0.5) is 5.69 Å². The zero-order chi connectivity index (χ0) is 21.0. The van der Waals surface area contributed by atoms with E-state index in [1.54, 1.807) is 24.3 Å². The third kappa shape index (κ3) is 4.84. The van der Waals surface area contributed by atoms with Crippen LogP contribution >= 0.6 is 11.8 Å². The van der Waals surface area contributed by atoms with E-state index < -0.39 is 10.0 Å². The Labute approximate surface area is 180 Å². The Hall–Kier alpha value is -1.98. The minimum Gasteiger partial charge on any atom is -0.325 e. The van der Waals surface area contributed by atoms with Crippen molar-refractivity contribution in [3.63, 3.8) is 0 Å². The lowest BCUT2D eigenvalue weighted by Gasteiger charge is -2.25. The average Bonchev–Trinajstić information content (AvgIpc) is 3.45. The van der Waals surface area contributed by atoms with Crippen molar-refractivity contribution >= 4 is 33.4 Å². The van der Waals surface area contributed by atoms with Crippen molar-refractivity contribution in [2.24, 2.45) is 0 Å². The number of hydrogen-bond acceptors (Lipinski definition) is 7. The van der Waals surface area contributed by atoms with Crippen molar-refractivity contribution in [3.8, 4) is 0 Å². The number of piperidine rings is 1. The number of sulfonamides is 1. The molecule has 0 bridgehead atoms. The van der Waals surface area contributed by atoms with Crippen molar-refractivity contribution in [1.82, 2.24) is 24.5 Å². The van der Waals surface area contributed by atoms with Gasteiger partial charge in [0.2, 0.25) is 21.1 Å². The first-order valence-electron chi connectivity index (χ1n) is 10.3. The molecule has 1 aliphatic carbocycles. The van der Waals surface area contributed by atoms with Crippen molar-refractivity contribution in [1.29, 1.82) is 0 Å². The predicted octanol–water partition coefficient (Wildman–Crippen LogP) is 2.69. The van der Waals surface area contributed by atoms with E-state index in [1.165, 1.54) is 28.9 Å². The van der Waals surface area contributed by atoms with Gasteiger partial charge >= 0.3 is 0 Å². The zero-order valence-electron chi connectivity index (χ0n) is 16.7. The molecule has 0 spiro atoms. The summed E-state index contributed by atoms with van der Waals surface area (Å²) in [5, 5.41) is 15.3. The van der Waals surface area contributed by atoms with Gasteiger partial charge in [-0.3, -0.25) is 4.79 Å². The number of carbonyl (C=O) groups excluding carboxylic acids is 1. The lowest BCUT2D eigenvalue weighted by Crippen LogP contribution is -2.35. The van der Waals surface area contributed by atoms with Crippen LogP contribution in [0.25, 0.3) is 0 Å². The van der Waals surface area contributed by atoms with E-state index in [9.17, 15) is 13.2 Å². The molecule has 0 unspecified atom stereocenters. The van der Waals surface area contributed by atoms with Crippen molar-refractivity contribution in [2.45, 2.75) is 61.0 Å². The van der Waals surface area contributed by atoms with Gasteiger partial charge in [-0.15, -0.1) is 5.10 Å². The number of aromatic nitrogens is 4. The number of thioether (sulfide) groups is 1. The minimum atomic E-state index is -3.47. The molecule has 2 fully saturated rings. The molecule has 30 heavy (non-hydrogen) atoms. The summed E-state index contributed by atoms with van der Waals surface area (Å²) < 4.78 is 28.8. The Morgan fingerprint density at radius 2 is 1.77 bits per heavy atom. The smallest absolute Gasteiger partial charge is 0.243 e. The number of tetrazole rings is 1. The number of nitrogens with one attached hydrogen (secondary N) is 1. The van der Waals surface area contributed by atoms with Crippen LogP contribution in [0.15, 0.2) is 34.3 Å². The summed E-state index contributed by atoms with van der Waals surface area (Å²) in [4.78, 5) is 12.6. The highest BCUT2D eigenvalue weighted by Crippen LogP contribution is 2.31. The van der Waals surface area contributed by atoms with Gasteiger partial charge in [-0.25, -0.2) is 13.1 Å². The van der Waals surface area contributed by atoms with Crippen LogP contribution in [0.5, 0.6) is 0 Å². The van der Waals surface area contributed by atoms with Crippen LogP contribution in [0.2, 0.25) is 0 Å². The van der Waals surface area contributed by atoms with Crippen LogP contribution in [0.3, 0.4) is 0 Å². The molecule has 1 amide bonds. The first-order valence-corrected chi connectivity index (χ1v) is 12.8. The van der Waals surface area contributed by atoms with E-state index in [0.29, 0.717) is 30.0 Å². The van der Waals surface area contributed by atoms with Gasteiger partial charge in [0, 0.05) is 18.8 Å². The minimum absolute atomic E-state index is 0.181. The lowest BCUT2D eigenvalue weighted by molar-refractivity contribution is -0.113. The normalized spacial score (nSPS) is 18.5. The molecule has 2 aliphatic rings. The van der Waals surface area contributed by atoms with Gasteiger partial charge in [-0.05, 0) is 60.4 Å². The topological polar surface area (TPSA) is 110 Å². The molecule has 0 atom stereocenters. The van der Waals surface area contributed by atoms with E-state index in [4.69, 9.17) is 0 Å². The largest absolute Gasteiger partial charge is 0.325 e. The molecule has 4 rings (SSSR count). The SMILES string of the molecule is O=C(CSc1nnnn1C1CCCC1)Nc1ccc(S(=O)(=O)N2CCCCC2)cc1. The van der Waals surface area contributed by atoms with E-state index in [2.05, 4.69) is 20.8 Å². The molecular formula is C19H26N6O3S2. The van der Waals surface area contributed by atoms with Gasteiger partial charge in [0.15, 0.2) is 0 Å². The molecule has 9 nitrogen and oxygen atoms in total. The molecule has 1 aromatic heterocycles. The molecular weight excluding hydrogens is 424 g/mol. The fourth-order valence-electron chi connectivity index (χ4n) is 3.95. The second-order valence-corrected chi connectivity index (χ2v) is 10.6. The molecule has 1 aliphatic heterocycles. The predicted molar refractivity (Wildman–Crippen MR) is 114 cm³/mol. The van der Waals surface area contributed by atoms with E-state index in [1.807, 2.05) is 4.68 Å². The number of rotatable bonds is 7. The Morgan fingerprint density at radius 1 is 1.07 bits per heavy atom. The number of nitrogens with zero attached hydrogens (tertiary/aromatic N) is 5. The third-order valence-corrected chi connectivity index (χ3v) is 8.40. The Morgan fingerprint density at radius 3 is 2.47 bits per heavy atom. The quantitative estimate of drug-likeness (QED) is 0.646. The van der Waals surface area contributed by atoms with Crippen LogP contribution in [0.1, 0.15) is 51.0 Å². The van der Waals surface area contributed by atoms with Crippen LogP contribution < -0.4 is 5.32 Å². The second kappa shape index (κ2) is 9.44. The summed E-state index contributed by atoms with van der Waals surface area (Å²) in [7, 11) is -3.47. The summed E-state index contributed by atoms with van der Waals surface area (Å²) >= 11 is 1.31. The van der Waals surface area contributed by atoms with Gasteiger partial charge in [0.25, 0.3) is 0 Å². The summed E-state index contributed by atoms with van der Waals surface area (Å²) in [6.07, 6.45) is 7.36. The Kier molecular flexibility index (Phi) is 6.69. The first kappa shape index (κ1) is 21.3. The van der Waals surface area contributed by atoms with E-state index >= 15 is 0 Å². The maximum Gasteiger partial charge on any atom is 0.243 e.